The molecule has 0 bridgehead atoms. The van der Waals surface area contributed by atoms with E-state index < -0.39 is 5.97 Å². The zero-order valence-corrected chi connectivity index (χ0v) is 16.0. The number of carbonyl (C=O) groups is 1. The van der Waals surface area contributed by atoms with Gasteiger partial charge in [0, 0.05) is 6.08 Å². The van der Waals surface area contributed by atoms with E-state index in [4.69, 9.17) is 5.11 Å². The Kier molecular flexibility index (Phi) is 19.1. The zero-order chi connectivity index (χ0) is 17.7. The quantitative estimate of drug-likeness (QED) is 0.160. The molecular formula is C22H40O2. The standard InChI is InChI=1S/C22H40O2/c1-2-3-4-5-6-7-8-9-10-11-12-13-14-15-16-17-18-19-20-21-22(23)24/h17-18,20-21H,2-16,19H2,1H3,(H,23,24). The van der Waals surface area contributed by atoms with Crippen molar-refractivity contribution in [3.63, 3.8) is 0 Å². The van der Waals surface area contributed by atoms with E-state index in [1.165, 1.54) is 96.0 Å². The first-order valence-corrected chi connectivity index (χ1v) is 10.3. The molecule has 0 saturated heterocycles. The second-order valence-electron chi connectivity index (χ2n) is 6.83. The number of unbranched alkanes of at least 4 members (excludes halogenated alkanes) is 14. The summed E-state index contributed by atoms with van der Waals surface area (Å²) in [5, 5.41) is 8.45. The van der Waals surface area contributed by atoms with Crippen molar-refractivity contribution < 1.29 is 9.90 Å². The molecule has 0 aliphatic carbocycles. The Labute approximate surface area is 150 Å². The summed E-state index contributed by atoms with van der Waals surface area (Å²) in [7, 11) is 0. The third-order valence-corrected chi connectivity index (χ3v) is 4.42. The molecule has 0 spiro atoms. The Morgan fingerprint density at radius 1 is 0.667 bits per heavy atom. The Bertz CT molecular complexity index is 318. The molecule has 0 aliphatic heterocycles. The minimum absolute atomic E-state index is 0.727. The summed E-state index contributed by atoms with van der Waals surface area (Å²) in [5.74, 6) is -0.865. The van der Waals surface area contributed by atoms with Gasteiger partial charge >= 0.3 is 5.97 Å². The lowest BCUT2D eigenvalue weighted by Crippen LogP contribution is -1.84. The maximum Gasteiger partial charge on any atom is 0.327 e. The van der Waals surface area contributed by atoms with Gasteiger partial charge in [-0.05, 0) is 19.3 Å². The van der Waals surface area contributed by atoms with Crippen LogP contribution in [0.5, 0.6) is 0 Å². The SMILES string of the molecule is CCCCCCCCCCCCCCCCC=CCC=CC(=O)O. The molecular weight excluding hydrogens is 296 g/mol. The first-order chi connectivity index (χ1) is 11.8. The van der Waals surface area contributed by atoms with E-state index in [-0.39, 0.29) is 0 Å². The van der Waals surface area contributed by atoms with Gasteiger partial charge in [0.1, 0.15) is 0 Å². The molecule has 140 valence electrons. The molecule has 2 heteroatoms. The fourth-order valence-corrected chi connectivity index (χ4v) is 2.92. The van der Waals surface area contributed by atoms with Crippen LogP contribution < -0.4 is 0 Å². The van der Waals surface area contributed by atoms with Gasteiger partial charge in [0.15, 0.2) is 0 Å². The molecule has 0 saturated carbocycles. The van der Waals surface area contributed by atoms with E-state index >= 15 is 0 Å². The fourth-order valence-electron chi connectivity index (χ4n) is 2.92. The normalized spacial score (nSPS) is 11.7. The van der Waals surface area contributed by atoms with Crippen LogP contribution in [0.25, 0.3) is 0 Å². The Hall–Kier alpha value is -1.05. The number of carboxylic acid groups (broad SMARTS) is 1. The van der Waals surface area contributed by atoms with E-state index in [1.54, 1.807) is 6.08 Å². The monoisotopic (exact) mass is 336 g/mol. The molecule has 0 aromatic rings. The second kappa shape index (κ2) is 20.0. The largest absolute Gasteiger partial charge is 0.478 e. The Morgan fingerprint density at radius 2 is 1.12 bits per heavy atom. The predicted octanol–water partition coefficient (Wildman–Crippen LogP) is 7.44. The van der Waals surface area contributed by atoms with Crippen molar-refractivity contribution in [2.45, 2.75) is 110 Å². The van der Waals surface area contributed by atoms with Crippen molar-refractivity contribution in [1.29, 1.82) is 0 Å². The Balaban J connectivity index is 3.10. The minimum atomic E-state index is -0.865. The molecule has 1 N–H and O–H groups in total. The summed E-state index contributed by atoms with van der Waals surface area (Å²) < 4.78 is 0. The van der Waals surface area contributed by atoms with Crippen LogP contribution in [-0.2, 0) is 4.79 Å². The van der Waals surface area contributed by atoms with E-state index in [1.807, 2.05) is 0 Å². The van der Waals surface area contributed by atoms with Crippen LogP contribution in [-0.4, -0.2) is 11.1 Å². The lowest BCUT2D eigenvalue weighted by Gasteiger charge is -2.02. The summed E-state index contributed by atoms with van der Waals surface area (Å²) in [6.45, 7) is 2.28. The van der Waals surface area contributed by atoms with Gasteiger partial charge in [0.2, 0.25) is 0 Å². The zero-order valence-electron chi connectivity index (χ0n) is 16.0. The summed E-state index contributed by atoms with van der Waals surface area (Å²) in [6, 6.07) is 0. The molecule has 0 unspecified atom stereocenters. The number of aliphatic carboxylic acids is 1. The molecule has 0 amide bonds. The third kappa shape index (κ3) is 20.9. The molecule has 0 rings (SSSR count). The average molecular weight is 337 g/mol. The molecule has 0 aromatic heterocycles. The fraction of sp³-hybridized carbons (Fsp3) is 0.773. The molecule has 0 radical (unpaired) electrons. The molecule has 0 aliphatic rings. The number of hydrogen-bond acceptors (Lipinski definition) is 1. The van der Waals surface area contributed by atoms with Gasteiger partial charge in [0.25, 0.3) is 0 Å². The van der Waals surface area contributed by atoms with Gasteiger partial charge in [-0.2, -0.15) is 0 Å². The third-order valence-electron chi connectivity index (χ3n) is 4.42. The van der Waals surface area contributed by atoms with E-state index in [2.05, 4.69) is 19.1 Å². The molecule has 0 atom stereocenters. The van der Waals surface area contributed by atoms with Crippen molar-refractivity contribution in [2.24, 2.45) is 0 Å². The van der Waals surface area contributed by atoms with Crippen LogP contribution in [0.2, 0.25) is 0 Å². The van der Waals surface area contributed by atoms with Crippen LogP contribution in [0, 0.1) is 0 Å². The molecule has 0 heterocycles. The van der Waals surface area contributed by atoms with Crippen LogP contribution in [0.15, 0.2) is 24.3 Å². The van der Waals surface area contributed by atoms with Gasteiger partial charge in [-0.3, -0.25) is 0 Å². The van der Waals surface area contributed by atoms with Crippen LogP contribution in [0.1, 0.15) is 110 Å². The lowest BCUT2D eigenvalue weighted by atomic mass is 10.0. The number of allylic oxidation sites excluding steroid dienone is 3. The first-order valence-electron chi connectivity index (χ1n) is 10.3. The smallest absolute Gasteiger partial charge is 0.327 e. The summed E-state index contributed by atoms with van der Waals surface area (Å²) in [6.07, 6.45) is 28.5. The van der Waals surface area contributed by atoms with Gasteiger partial charge in [-0.1, -0.05) is 109 Å². The van der Waals surface area contributed by atoms with Crippen molar-refractivity contribution >= 4 is 5.97 Å². The maximum atomic E-state index is 10.3. The summed E-state index contributed by atoms with van der Waals surface area (Å²) in [4.78, 5) is 10.3. The first kappa shape index (κ1) is 22.9. The minimum Gasteiger partial charge on any atom is -0.478 e. The van der Waals surface area contributed by atoms with Gasteiger partial charge < -0.3 is 5.11 Å². The lowest BCUT2D eigenvalue weighted by molar-refractivity contribution is -0.131. The van der Waals surface area contributed by atoms with Crippen molar-refractivity contribution in [1.82, 2.24) is 0 Å². The summed E-state index contributed by atoms with van der Waals surface area (Å²) in [5.41, 5.74) is 0. The molecule has 24 heavy (non-hydrogen) atoms. The average Bonchev–Trinajstić information content (AvgIpc) is 2.56. The van der Waals surface area contributed by atoms with E-state index in [0.717, 1.165) is 12.8 Å². The highest BCUT2D eigenvalue weighted by Crippen LogP contribution is 2.13. The Morgan fingerprint density at radius 3 is 1.58 bits per heavy atom. The van der Waals surface area contributed by atoms with E-state index in [9.17, 15) is 4.79 Å². The number of carboxylic acids is 1. The molecule has 2 nitrogen and oxygen atoms in total. The number of hydrogen-bond donors (Lipinski definition) is 1. The summed E-state index contributed by atoms with van der Waals surface area (Å²) >= 11 is 0. The predicted molar refractivity (Wildman–Crippen MR) is 105 cm³/mol. The van der Waals surface area contributed by atoms with Crippen LogP contribution in [0.3, 0.4) is 0 Å². The van der Waals surface area contributed by atoms with Gasteiger partial charge in [-0.25, -0.2) is 4.79 Å². The highest BCUT2D eigenvalue weighted by molar-refractivity contribution is 5.79. The topological polar surface area (TPSA) is 37.3 Å². The van der Waals surface area contributed by atoms with Crippen molar-refractivity contribution in [2.75, 3.05) is 0 Å². The highest BCUT2D eigenvalue weighted by atomic mass is 16.4. The van der Waals surface area contributed by atoms with Gasteiger partial charge in [-0.15, -0.1) is 0 Å². The highest BCUT2D eigenvalue weighted by Gasteiger charge is 1.93. The number of rotatable bonds is 18. The van der Waals surface area contributed by atoms with Crippen LogP contribution in [0.4, 0.5) is 0 Å². The molecule has 0 fully saturated rings. The van der Waals surface area contributed by atoms with Crippen molar-refractivity contribution in [3.8, 4) is 0 Å². The maximum absolute atomic E-state index is 10.3. The van der Waals surface area contributed by atoms with Crippen LogP contribution >= 0.6 is 0 Å². The van der Waals surface area contributed by atoms with Crippen molar-refractivity contribution in [3.05, 3.63) is 24.3 Å². The molecule has 0 aromatic carbocycles. The van der Waals surface area contributed by atoms with E-state index in [0.29, 0.717) is 0 Å². The van der Waals surface area contributed by atoms with Gasteiger partial charge in [0.05, 0.1) is 0 Å². The second-order valence-corrected chi connectivity index (χ2v) is 6.83.